The maximum atomic E-state index is 12.4. The summed E-state index contributed by atoms with van der Waals surface area (Å²) < 4.78 is 4.99. The van der Waals surface area contributed by atoms with Gasteiger partial charge in [-0.25, -0.2) is 4.98 Å². The normalized spacial score (nSPS) is 11.5. The smallest absolute Gasteiger partial charge is 0.313 e. The van der Waals surface area contributed by atoms with Crippen LogP contribution < -0.4 is 10.6 Å². The molecule has 158 valence electrons. The molecule has 1 amide bonds. The van der Waals surface area contributed by atoms with Crippen LogP contribution in [0.25, 0.3) is 5.57 Å². The Morgan fingerprint density at radius 2 is 1.97 bits per heavy atom. The summed E-state index contributed by atoms with van der Waals surface area (Å²) in [6, 6.07) is 10.8. The number of aromatic nitrogens is 1. The highest BCUT2D eigenvalue weighted by atomic mass is 16.5. The minimum Gasteiger partial charge on any atom is -0.505 e. The summed E-state index contributed by atoms with van der Waals surface area (Å²) in [5, 5.41) is 23.5. The van der Waals surface area contributed by atoms with Crippen molar-refractivity contribution < 1.29 is 19.4 Å². The number of carbonyl (C=O) groups is 2. The lowest BCUT2D eigenvalue weighted by Gasteiger charge is -2.22. The highest BCUT2D eigenvalue weighted by Crippen LogP contribution is 2.22. The predicted octanol–water partition coefficient (Wildman–Crippen LogP) is 3.21. The van der Waals surface area contributed by atoms with Crippen molar-refractivity contribution in [1.29, 1.82) is 5.41 Å². The average molecular weight is 410 g/mol. The zero-order valence-electron chi connectivity index (χ0n) is 17.2. The maximum Gasteiger partial charge on any atom is 0.313 e. The van der Waals surface area contributed by atoms with Crippen LogP contribution in [0, 0.1) is 10.8 Å². The fourth-order valence-electron chi connectivity index (χ4n) is 2.47. The van der Waals surface area contributed by atoms with E-state index < -0.39 is 17.3 Å². The average Bonchev–Trinajstić information content (AvgIpc) is 2.73. The zero-order valence-corrected chi connectivity index (χ0v) is 17.2. The number of para-hydroxylation sites is 1. The molecular weight excluding hydrogens is 384 g/mol. The Kier molecular flexibility index (Phi) is 7.69. The topological polar surface area (TPSA) is 124 Å². The van der Waals surface area contributed by atoms with Crippen LogP contribution >= 0.6 is 0 Å². The Labute approximate surface area is 175 Å². The van der Waals surface area contributed by atoms with Crippen LogP contribution in [0.1, 0.15) is 36.8 Å². The van der Waals surface area contributed by atoms with Gasteiger partial charge >= 0.3 is 5.97 Å². The second-order valence-corrected chi connectivity index (χ2v) is 7.13. The van der Waals surface area contributed by atoms with Gasteiger partial charge in [0.2, 0.25) is 0 Å². The third-order valence-electron chi connectivity index (χ3n) is 4.26. The zero-order chi connectivity index (χ0) is 22.1. The number of aromatic hydroxyl groups is 1. The fraction of sp³-hybridized carbons (Fsp3) is 0.273. The quantitative estimate of drug-likeness (QED) is 0.372. The molecule has 0 fully saturated rings. The van der Waals surface area contributed by atoms with E-state index in [1.54, 1.807) is 27.0 Å². The molecule has 0 unspecified atom stereocenters. The van der Waals surface area contributed by atoms with E-state index in [4.69, 9.17) is 10.1 Å². The number of anilines is 1. The van der Waals surface area contributed by atoms with Crippen molar-refractivity contribution in [2.45, 2.75) is 20.8 Å². The highest BCUT2D eigenvalue weighted by molar-refractivity contribution is 6.09. The highest BCUT2D eigenvalue weighted by Gasteiger charge is 2.30. The molecule has 0 saturated heterocycles. The van der Waals surface area contributed by atoms with E-state index in [1.807, 2.05) is 30.3 Å². The molecule has 0 radical (unpaired) electrons. The first-order valence-electron chi connectivity index (χ1n) is 9.45. The molecule has 30 heavy (non-hydrogen) atoms. The number of rotatable bonds is 9. The minimum atomic E-state index is -0.916. The number of benzene rings is 1. The number of pyridine rings is 1. The molecule has 0 bridgehead atoms. The molecular formula is C22H26N4O4. The van der Waals surface area contributed by atoms with E-state index >= 15 is 0 Å². The van der Waals surface area contributed by atoms with Crippen LogP contribution in [-0.4, -0.2) is 41.3 Å². The molecule has 0 atom stereocenters. The number of nitrogens with zero attached hydrogens (tertiary/aromatic N) is 1. The van der Waals surface area contributed by atoms with Crippen LogP contribution in [-0.2, 0) is 9.53 Å². The number of nitrogens with one attached hydrogen (secondary N) is 3. The second-order valence-electron chi connectivity index (χ2n) is 7.13. The van der Waals surface area contributed by atoms with Gasteiger partial charge in [0.05, 0.1) is 12.0 Å². The van der Waals surface area contributed by atoms with Crippen LogP contribution in [0.2, 0.25) is 0 Å². The lowest BCUT2D eigenvalue weighted by molar-refractivity contribution is -0.153. The monoisotopic (exact) mass is 410 g/mol. The van der Waals surface area contributed by atoms with E-state index in [9.17, 15) is 14.7 Å². The van der Waals surface area contributed by atoms with Crippen molar-refractivity contribution in [3.63, 3.8) is 0 Å². The predicted molar refractivity (Wildman–Crippen MR) is 115 cm³/mol. The molecule has 1 heterocycles. The van der Waals surface area contributed by atoms with Gasteiger partial charge in [-0.2, -0.15) is 0 Å². The van der Waals surface area contributed by atoms with Gasteiger partial charge in [-0.3, -0.25) is 9.59 Å². The molecule has 0 aliphatic heterocycles. The van der Waals surface area contributed by atoms with E-state index in [-0.39, 0.29) is 24.6 Å². The molecule has 1 aromatic heterocycles. The molecule has 0 aliphatic rings. The number of allylic oxidation sites excluding steroid dienone is 1. The number of hydrogen-bond donors (Lipinski definition) is 4. The number of amides is 1. The van der Waals surface area contributed by atoms with E-state index in [2.05, 4.69) is 15.6 Å². The lowest BCUT2D eigenvalue weighted by Crippen LogP contribution is -2.40. The maximum absolute atomic E-state index is 12.4. The summed E-state index contributed by atoms with van der Waals surface area (Å²) in [7, 11) is 0. The summed E-state index contributed by atoms with van der Waals surface area (Å²) >= 11 is 0. The van der Waals surface area contributed by atoms with Crippen LogP contribution in [0.3, 0.4) is 0 Å². The fourth-order valence-corrected chi connectivity index (χ4v) is 2.47. The molecule has 8 nitrogen and oxygen atoms in total. The Morgan fingerprint density at radius 3 is 2.57 bits per heavy atom. The van der Waals surface area contributed by atoms with Crippen molar-refractivity contribution in [1.82, 2.24) is 10.3 Å². The third-order valence-corrected chi connectivity index (χ3v) is 4.26. The first-order chi connectivity index (χ1) is 14.3. The SMILES string of the molecule is CCOC(=O)C(C)(C)CNC(=O)c1ncc(/C(C=N)=C/Nc2ccccc2)cc1O. The number of esters is 1. The van der Waals surface area contributed by atoms with Crippen molar-refractivity contribution >= 4 is 29.4 Å². The summed E-state index contributed by atoms with van der Waals surface area (Å²) in [4.78, 5) is 28.4. The first-order valence-corrected chi connectivity index (χ1v) is 9.45. The lowest BCUT2D eigenvalue weighted by atomic mass is 9.93. The Balaban J connectivity index is 2.10. The Hall–Kier alpha value is -3.68. The summed E-state index contributed by atoms with van der Waals surface area (Å²) in [6.07, 6.45) is 4.13. The van der Waals surface area contributed by atoms with Gasteiger partial charge in [-0.1, -0.05) is 18.2 Å². The standard InChI is InChI=1S/C22H26N4O4/c1-4-30-21(29)22(2,3)14-26-20(28)19-18(27)10-15(12-25-19)16(11-23)13-24-17-8-6-5-7-9-17/h5-13,23-24,27H,4,14H2,1-3H3,(H,26,28)/b16-13+,23-11?. The number of carbonyl (C=O) groups excluding carboxylic acids is 2. The Morgan fingerprint density at radius 1 is 1.27 bits per heavy atom. The van der Waals surface area contributed by atoms with Crippen LogP contribution in [0.4, 0.5) is 5.69 Å². The molecule has 0 saturated carbocycles. The Bertz CT molecular complexity index is 939. The van der Waals surface area contributed by atoms with Gasteiger partial charge < -0.3 is 25.9 Å². The summed E-state index contributed by atoms with van der Waals surface area (Å²) in [5.41, 5.74) is 0.694. The summed E-state index contributed by atoms with van der Waals surface area (Å²) in [6.45, 7) is 5.30. The van der Waals surface area contributed by atoms with Crippen molar-refractivity contribution in [2.75, 3.05) is 18.5 Å². The van der Waals surface area contributed by atoms with Gasteiger partial charge in [0.25, 0.3) is 5.91 Å². The molecule has 0 spiro atoms. The molecule has 2 rings (SSSR count). The number of ether oxygens (including phenoxy) is 1. The van der Waals surface area contributed by atoms with E-state index in [0.717, 1.165) is 11.9 Å². The van der Waals surface area contributed by atoms with Crippen molar-refractivity contribution in [2.24, 2.45) is 5.41 Å². The van der Waals surface area contributed by atoms with Crippen LogP contribution in [0.15, 0.2) is 48.8 Å². The molecule has 4 N–H and O–H groups in total. The van der Waals surface area contributed by atoms with Gasteiger partial charge in [-0.15, -0.1) is 0 Å². The van der Waals surface area contributed by atoms with Crippen molar-refractivity contribution in [3.8, 4) is 5.75 Å². The summed E-state index contributed by atoms with van der Waals surface area (Å²) in [5.74, 6) is -1.37. The van der Waals surface area contributed by atoms with Crippen LogP contribution in [0.5, 0.6) is 5.75 Å². The molecule has 1 aromatic carbocycles. The third kappa shape index (κ3) is 5.91. The van der Waals surface area contributed by atoms with E-state index in [0.29, 0.717) is 11.1 Å². The van der Waals surface area contributed by atoms with Gasteiger partial charge in [0, 0.05) is 42.0 Å². The van der Waals surface area contributed by atoms with Gasteiger partial charge in [-0.05, 0) is 39.0 Å². The minimum absolute atomic E-state index is 0.0280. The first kappa shape index (κ1) is 22.6. The van der Waals surface area contributed by atoms with Gasteiger partial charge in [0.1, 0.15) is 5.75 Å². The molecule has 8 heteroatoms. The second kappa shape index (κ2) is 10.2. The van der Waals surface area contributed by atoms with E-state index in [1.165, 1.54) is 12.3 Å². The number of hydrogen-bond acceptors (Lipinski definition) is 7. The largest absolute Gasteiger partial charge is 0.505 e. The van der Waals surface area contributed by atoms with Gasteiger partial charge in [0.15, 0.2) is 5.69 Å². The molecule has 0 aliphatic carbocycles. The molecule has 2 aromatic rings. The van der Waals surface area contributed by atoms with Crippen molar-refractivity contribution in [3.05, 3.63) is 60.1 Å².